The molecular formula is C15H19NO4. The molecule has 2 rings (SSSR count). The number of amides is 1. The SMILES string of the molecule is CCOc1ccccc1C(=O)N1CCCC(C(=O)O)C1. The maximum Gasteiger partial charge on any atom is 0.308 e. The van der Waals surface area contributed by atoms with Crippen LogP contribution in [0.15, 0.2) is 24.3 Å². The van der Waals surface area contributed by atoms with E-state index >= 15 is 0 Å². The lowest BCUT2D eigenvalue weighted by molar-refractivity contribution is -0.143. The standard InChI is InChI=1S/C15H19NO4/c1-2-20-13-8-4-3-7-12(13)14(17)16-9-5-6-11(10-16)15(18)19/h3-4,7-8,11H,2,5-6,9-10H2,1H3,(H,18,19). The van der Waals surface area contributed by atoms with Gasteiger partial charge in [-0.25, -0.2) is 0 Å². The number of carboxylic acid groups (broad SMARTS) is 1. The Labute approximate surface area is 118 Å². The highest BCUT2D eigenvalue weighted by molar-refractivity contribution is 5.97. The summed E-state index contributed by atoms with van der Waals surface area (Å²) in [6.45, 7) is 3.22. The van der Waals surface area contributed by atoms with Gasteiger partial charge in [0.2, 0.25) is 0 Å². The van der Waals surface area contributed by atoms with E-state index < -0.39 is 11.9 Å². The number of likely N-dealkylation sites (tertiary alicyclic amines) is 1. The second kappa shape index (κ2) is 6.41. The number of hydrogen-bond donors (Lipinski definition) is 1. The number of aliphatic carboxylic acids is 1. The molecule has 1 fully saturated rings. The average molecular weight is 277 g/mol. The molecule has 0 aliphatic carbocycles. The molecule has 0 radical (unpaired) electrons. The van der Waals surface area contributed by atoms with Gasteiger partial charge >= 0.3 is 5.97 Å². The van der Waals surface area contributed by atoms with Gasteiger partial charge in [-0.15, -0.1) is 0 Å². The van der Waals surface area contributed by atoms with E-state index in [4.69, 9.17) is 9.84 Å². The molecule has 1 aliphatic rings. The molecule has 1 aromatic carbocycles. The Balaban J connectivity index is 2.16. The van der Waals surface area contributed by atoms with Gasteiger partial charge in [0.1, 0.15) is 5.75 Å². The third-order valence-electron chi connectivity index (χ3n) is 3.48. The Morgan fingerprint density at radius 1 is 1.40 bits per heavy atom. The lowest BCUT2D eigenvalue weighted by atomic mass is 9.97. The van der Waals surface area contributed by atoms with Crippen LogP contribution in [0, 0.1) is 5.92 Å². The minimum absolute atomic E-state index is 0.153. The first kappa shape index (κ1) is 14.4. The Morgan fingerprint density at radius 2 is 2.15 bits per heavy atom. The maximum atomic E-state index is 12.5. The number of carbonyl (C=O) groups excluding carboxylic acids is 1. The Morgan fingerprint density at radius 3 is 2.85 bits per heavy atom. The predicted octanol–water partition coefficient (Wildman–Crippen LogP) is 2.02. The molecule has 1 amide bonds. The first-order valence-electron chi connectivity index (χ1n) is 6.87. The fourth-order valence-electron chi connectivity index (χ4n) is 2.46. The summed E-state index contributed by atoms with van der Waals surface area (Å²) in [7, 11) is 0. The highest BCUT2D eigenvalue weighted by Crippen LogP contribution is 2.23. The Hall–Kier alpha value is -2.04. The lowest BCUT2D eigenvalue weighted by Crippen LogP contribution is -2.42. The minimum Gasteiger partial charge on any atom is -0.493 e. The van der Waals surface area contributed by atoms with Gasteiger partial charge < -0.3 is 14.7 Å². The molecule has 1 atom stereocenters. The molecule has 0 spiro atoms. The second-order valence-corrected chi connectivity index (χ2v) is 4.86. The van der Waals surface area contributed by atoms with Crippen LogP contribution in [-0.4, -0.2) is 41.6 Å². The molecule has 108 valence electrons. The number of hydrogen-bond acceptors (Lipinski definition) is 3. The van der Waals surface area contributed by atoms with Gasteiger partial charge in [0, 0.05) is 13.1 Å². The summed E-state index contributed by atoms with van der Waals surface area (Å²) in [5, 5.41) is 9.08. The summed E-state index contributed by atoms with van der Waals surface area (Å²) < 4.78 is 5.46. The molecule has 1 unspecified atom stereocenters. The van der Waals surface area contributed by atoms with Gasteiger partial charge in [-0.05, 0) is 31.9 Å². The van der Waals surface area contributed by atoms with E-state index in [1.807, 2.05) is 13.0 Å². The number of rotatable bonds is 4. The number of benzene rings is 1. The van der Waals surface area contributed by atoms with Crippen molar-refractivity contribution < 1.29 is 19.4 Å². The fraction of sp³-hybridized carbons (Fsp3) is 0.467. The van der Waals surface area contributed by atoms with Crippen molar-refractivity contribution in [2.75, 3.05) is 19.7 Å². The van der Waals surface area contributed by atoms with Gasteiger partial charge in [-0.1, -0.05) is 12.1 Å². The van der Waals surface area contributed by atoms with Crippen LogP contribution in [0.1, 0.15) is 30.1 Å². The zero-order chi connectivity index (χ0) is 14.5. The summed E-state index contributed by atoms with van der Waals surface area (Å²) in [6.07, 6.45) is 1.35. The molecule has 1 aliphatic heterocycles. The molecule has 1 saturated heterocycles. The van der Waals surface area contributed by atoms with Crippen molar-refractivity contribution in [2.45, 2.75) is 19.8 Å². The molecule has 0 aromatic heterocycles. The highest BCUT2D eigenvalue weighted by atomic mass is 16.5. The van der Waals surface area contributed by atoms with Crippen molar-refractivity contribution in [3.8, 4) is 5.75 Å². The predicted molar refractivity (Wildman–Crippen MR) is 73.9 cm³/mol. The van der Waals surface area contributed by atoms with E-state index in [9.17, 15) is 9.59 Å². The van der Waals surface area contributed by atoms with Crippen LogP contribution in [0.3, 0.4) is 0 Å². The van der Waals surface area contributed by atoms with Crippen molar-refractivity contribution in [1.29, 1.82) is 0 Å². The van der Waals surface area contributed by atoms with Gasteiger partial charge in [0.05, 0.1) is 18.1 Å². The van der Waals surface area contributed by atoms with E-state index in [-0.39, 0.29) is 12.5 Å². The third-order valence-corrected chi connectivity index (χ3v) is 3.48. The molecule has 1 aromatic rings. The maximum absolute atomic E-state index is 12.5. The first-order chi connectivity index (χ1) is 9.63. The molecule has 0 bridgehead atoms. The first-order valence-corrected chi connectivity index (χ1v) is 6.87. The molecule has 1 heterocycles. The number of para-hydroxylation sites is 1. The third kappa shape index (κ3) is 3.10. The van der Waals surface area contributed by atoms with Crippen molar-refractivity contribution in [1.82, 2.24) is 4.90 Å². The van der Waals surface area contributed by atoms with Crippen LogP contribution in [-0.2, 0) is 4.79 Å². The van der Waals surface area contributed by atoms with Crippen LogP contribution < -0.4 is 4.74 Å². The Kier molecular flexibility index (Phi) is 4.61. The molecule has 5 nitrogen and oxygen atoms in total. The van der Waals surface area contributed by atoms with Crippen molar-refractivity contribution in [3.63, 3.8) is 0 Å². The summed E-state index contributed by atoms with van der Waals surface area (Å²) in [4.78, 5) is 25.2. The average Bonchev–Trinajstić information content (AvgIpc) is 2.47. The summed E-state index contributed by atoms with van der Waals surface area (Å²) in [5.41, 5.74) is 0.500. The second-order valence-electron chi connectivity index (χ2n) is 4.86. The van der Waals surface area contributed by atoms with Crippen LogP contribution in [0.5, 0.6) is 5.75 Å². The highest BCUT2D eigenvalue weighted by Gasteiger charge is 2.29. The number of carbonyl (C=O) groups is 2. The molecule has 20 heavy (non-hydrogen) atoms. The zero-order valence-corrected chi connectivity index (χ0v) is 11.5. The Bertz CT molecular complexity index is 500. The van der Waals surface area contributed by atoms with Gasteiger partial charge in [0.15, 0.2) is 0 Å². The van der Waals surface area contributed by atoms with Crippen molar-refractivity contribution >= 4 is 11.9 Å². The van der Waals surface area contributed by atoms with Crippen LogP contribution in [0.25, 0.3) is 0 Å². The number of nitrogens with zero attached hydrogens (tertiary/aromatic N) is 1. The monoisotopic (exact) mass is 277 g/mol. The normalized spacial score (nSPS) is 18.6. The quantitative estimate of drug-likeness (QED) is 0.914. The van der Waals surface area contributed by atoms with Crippen molar-refractivity contribution in [2.24, 2.45) is 5.92 Å². The van der Waals surface area contributed by atoms with Gasteiger partial charge in [-0.2, -0.15) is 0 Å². The summed E-state index contributed by atoms with van der Waals surface area (Å²) in [5.74, 6) is -0.898. The van der Waals surface area contributed by atoms with Crippen LogP contribution in [0.4, 0.5) is 0 Å². The lowest BCUT2D eigenvalue weighted by Gasteiger charge is -2.31. The molecular weight excluding hydrogens is 258 g/mol. The largest absolute Gasteiger partial charge is 0.493 e. The van der Waals surface area contributed by atoms with Crippen molar-refractivity contribution in [3.05, 3.63) is 29.8 Å². The number of ether oxygens (including phenoxy) is 1. The fourth-order valence-corrected chi connectivity index (χ4v) is 2.46. The summed E-state index contributed by atoms with van der Waals surface area (Å²) >= 11 is 0. The van der Waals surface area contributed by atoms with Crippen LogP contribution >= 0.6 is 0 Å². The molecule has 0 saturated carbocycles. The summed E-state index contributed by atoms with van der Waals surface area (Å²) in [6, 6.07) is 7.08. The van der Waals surface area contributed by atoms with E-state index in [1.54, 1.807) is 23.1 Å². The zero-order valence-electron chi connectivity index (χ0n) is 11.5. The van der Waals surface area contributed by atoms with Crippen LogP contribution in [0.2, 0.25) is 0 Å². The van der Waals surface area contributed by atoms with Gasteiger partial charge in [-0.3, -0.25) is 9.59 Å². The van der Waals surface area contributed by atoms with E-state index in [2.05, 4.69) is 0 Å². The topological polar surface area (TPSA) is 66.8 Å². The van der Waals surface area contributed by atoms with E-state index in [0.717, 1.165) is 6.42 Å². The molecule has 5 heteroatoms. The van der Waals surface area contributed by atoms with E-state index in [0.29, 0.717) is 30.9 Å². The van der Waals surface area contributed by atoms with Gasteiger partial charge in [0.25, 0.3) is 5.91 Å². The molecule has 1 N–H and O–H groups in total. The minimum atomic E-state index is -0.833. The number of carboxylic acids is 1. The number of piperidine rings is 1. The smallest absolute Gasteiger partial charge is 0.308 e. The van der Waals surface area contributed by atoms with E-state index in [1.165, 1.54) is 0 Å².